The summed E-state index contributed by atoms with van der Waals surface area (Å²) in [6.07, 6.45) is -3.77. The summed E-state index contributed by atoms with van der Waals surface area (Å²) in [6.45, 7) is 3.63. The number of benzene rings is 1. The lowest BCUT2D eigenvalue weighted by atomic mass is 9.90. The van der Waals surface area contributed by atoms with Crippen molar-refractivity contribution in [3.8, 4) is 5.75 Å². The van der Waals surface area contributed by atoms with E-state index in [2.05, 4.69) is 0 Å². The Balaban J connectivity index is 2.45. The van der Waals surface area contributed by atoms with Gasteiger partial charge in [0.1, 0.15) is 11.4 Å². The van der Waals surface area contributed by atoms with Crippen LogP contribution >= 0.6 is 0 Å². The van der Waals surface area contributed by atoms with Gasteiger partial charge in [-0.15, -0.1) is 0 Å². The van der Waals surface area contributed by atoms with Gasteiger partial charge in [0.25, 0.3) is 0 Å². The summed E-state index contributed by atoms with van der Waals surface area (Å²) in [7, 11) is 0. The highest BCUT2D eigenvalue weighted by molar-refractivity contribution is 5.42. The molecule has 2 N–H and O–H groups in total. The quantitative estimate of drug-likeness (QED) is 0.761. The molecule has 2 nitrogen and oxygen atoms in total. The second-order valence-corrected chi connectivity index (χ2v) is 4.92. The molecule has 2 rings (SSSR count). The van der Waals surface area contributed by atoms with Crippen LogP contribution < -0.4 is 10.5 Å². The topological polar surface area (TPSA) is 35.2 Å². The Morgan fingerprint density at radius 2 is 2.00 bits per heavy atom. The van der Waals surface area contributed by atoms with Crippen LogP contribution in [0.1, 0.15) is 37.4 Å². The lowest BCUT2D eigenvalue weighted by Gasteiger charge is -2.36. The van der Waals surface area contributed by atoms with Crippen molar-refractivity contribution in [1.29, 1.82) is 0 Å². The van der Waals surface area contributed by atoms with Gasteiger partial charge in [0.2, 0.25) is 0 Å². The monoisotopic (exact) mass is 245 g/mol. The minimum atomic E-state index is -4.36. The van der Waals surface area contributed by atoms with Gasteiger partial charge in [-0.2, -0.15) is 13.2 Å². The predicted molar refractivity (Wildman–Crippen MR) is 57.7 cm³/mol. The zero-order chi connectivity index (χ0) is 12.8. The molecule has 0 aliphatic carbocycles. The number of halogens is 3. The summed E-state index contributed by atoms with van der Waals surface area (Å²) < 4.78 is 43.2. The van der Waals surface area contributed by atoms with E-state index >= 15 is 0 Å². The van der Waals surface area contributed by atoms with E-state index < -0.39 is 17.3 Å². The minimum absolute atomic E-state index is 0.239. The second-order valence-electron chi connectivity index (χ2n) is 4.92. The van der Waals surface area contributed by atoms with Crippen molar-refractivity contribution in [2.75, 3.05) is 0 Å². The van der Waals surface area contributed by atoms with E-state index in [-0.39, 0.29) is 11.8 Å². The molecule has 94 valence electrons. The molecule has 0 saturated carbocycles. The fraction of sp³-hybridized carbons (Fsp3) is 0.500. The molecular weight excluding hydrogens is 231 g/mol. The van der Waals surface area contributed by atoms with E-state index in [1.807, 2.05) is 13.8 Å². The van der Waals surface area contributed by atoms with E-state index in [1.54, 1.807) is 0 Å². The Kier molecular flexibility index (Phi) is 2.61. The van der Waals surface area contributed by atoms with E-state index in [0.717, 1.165) is 12.1 Å². The summed E-state index contributed by atoms with van der Waals surface area (Å²) >= 11 is 0. The Bertz CT molecular complexity index is 440. The van der Waals surface area contributed by atoms with Crippen molar-refractivity contribution >= 4 is 0 Å². The van der Waals surface area contributed by atoms with Gasteiger partial charge < -0.3 is 10.5 Å². The van der Waals surface area contributed by atoms with Crippen LogP contribution in [0.4, 0.5) is 13.2 Å². The first-order chi connectivity index (χ1) is 7.69. The molecule has 17 heavy (non-hydrogen) atoms. The Morgan fingerprint density at radius 1 is 1.35 bits per heavy atom. The molecule has 1 aliphatic heterocycles. The molecule has 0 aromatic heterocycles. The van der Waals surface area contributed by atoms with Crippen LogP contribution in [-0.2, 0) is 6.18 Å². The first kappa shape index (κ1) is 12.2. The summed E-state index contributed by atoms with van der Waals surface area (Å²) in [5.41, 5.74) is 5.32. The van der Waals surface area contributed by atoms with Gasteiger partial charge in [-0.3, -0.25) is 0 Å². The summed E-state index contributed by atoms with van der Waals surface area (Å²) in [5, 5.41) is 0. The second kappa shape index (κ2) is 3.63. The normalized spacial score (nSPS) is 22.8. The first-order valence-electron chi connectivity index (χ1n) is 5.35. The smallest absolute Gasteiger partial charge is 0.416 e. The van der Waals surface area contributed by atoms with Crippen molar-refractivity contribution in [1.82, 2.24) is 0 Å². The minimum Gasteiger partial charge on any atom is -0.487 e. The molecule has 1 aliphatic rings. The molecule has 1 aromatic carbocycles. The summed E-state index contributed by atoms with van der Waals surface area (Å²) in [5.74, 6) is 0.239. The zero-order valence-corrected chi connectivity index (χ0v) is 9.64. The molecule has 0 unspecified atom stereocenters. The molecule has 1 atom stereocenters. The highest BCUT2D eigenvalue weighted by atomic mass is 19.4. The van der Waals surface area contributed by atoms with E-state index in [9.17, 15) is 13.2 Å². The van der Waals surface area contributed by atoms with Crippen molar-refractivity contribution in [3.05, 3.63) is 29.3 Å². The first-order valence-corrected chi connectivity index (χ1v) is 5.35. The standard InChI is InChI=1S/C12H14F3NO/c1-11(2)6-9(16)8-4-3-7(12(13,14)15)5-10(8)17-11/h3-5,9H,6,16H2,1-2H3/t9-/m1/s1. The highest BCUT2D eigenvalue weighted by Crippen LogP contribution is 2.41. The number of fused-ring (bicyclic) bond motifs is 1. The average Bonchev–Trinajstić information content (AvgIpc) is 2.13. The van der Waals surface area contributed by atoms with Gasteiger partial charge in [0.15, 0.2) is 0 Å². The van der Waals surface area contributed by atoms with Gasteiger partial charge in [0.05, 0.1) is 5.56 Å². The molecular formula is C12H14F3NO. The maximum absolute atomic E-state index is 12.6. The fourth-order valence-electron chi connectivity index (χ4n) is 2.08. The lowest BCUT2D eigenvalue weighted by Crippen LogP contribution is -2.37. The number of hydrogen-bond acceptors (Lipinski definition) is 2. The van der Waals surface area contributed by atoms with Gasteiger partial charge >= 0.3 is 6.18 Å². The fourth-order valence-corrected chi connectivity index (χ4v) is 2.08. The largest absolute Gasteiger partial charge is 0.487 e. The highest BCUT2D eigenvalue weighted by Gasteiger charge is 2.36. The predicted octanol–water partition coefficient (Wildman–Crippen LogP) is 3.27. The van der Waals surface area contributed by atoms with Gasteiger partial charge in [-0.25, -0.2) is 0 Å². The third kappa shape index (κ3) is 2.39. The van der Waals surface area contributed by atoms with Crippen molar-refractivity contribution in [2.45, 2.75) is 38.1 Å². The van der Waals surface area contributed by atoms with Crippen LogP contribution in [0, 0.1) is 0 Å². The van der Waals surface area contributed by atoms with Crippen LogP contribution in [0.15, 0.2) is 18.2 Å². The maximum atomic E-state index is 12.6. The molecule has 0 amide bonds. The Hall–Kier alpha value is -1.23. The number of hydrogen-bond donors (Lipinski definition) is 1. The third-order valence-corrected chi connectivity index (χ3v) is 2.84. The molecule has 0 radical (unpaired) electrons. The van der Waals surface area contributed by atoms with Gasteiger partial charge in [-0.1, -0.05) is 6.07 Å². The number of alkyl halides is 3. The zero-order valence-electron chi connectivity index (χ0n) is 9.64. The van der Waals surface area contributed by atoms with E-state index in [1.165, 1.54) is 6.07 Å². The van der Waals surface area contributed by atoms with Crippen LogP contribution in [-0.4, -0.2) is 5.60 Å². The summed E-state index contributed by atoms with van der Waals surface area (Å²) in [4.78, 5) is 0. The van der Waals surface area contributed by atoms with Crippen LogP contribution in [0.25, 0.3) is 0 Å². The maximum Gasteiger partial charge on any atom is 0.416 e. The molecule has 0 spiro atoms. The lowest BCUT2D eigenvalue weighted by molar-refractivity contribution is -0.137. The molecule has 0 saturated heterocycles. The van der Waals surface area contributed by atoms with Crippen LogP contribution in [0.5, 0.6) is 5.75 Å². The van der Waals surface area contributed by atoms with Crippen molar-refractivity contribution < 1.29 is 17.9 Å². The third-order valence-electron chi connectivity index (χ3n) is 2.84. The molecule has 0 fully saturated rings. The number of ether oxygens (including phenoxy) is 1. The Labute approximate surface area is 97.6 Å². The Morgan fingerprint density at radius 3 is 2.59 bits per heavy atom. The van der Waals surface area contributed by atoms with Crippen molar-refractivity contribution in [3.63, 3.8) is 0 Å². The molecule has 0 bridgehead atoms. The van der Waals surface area contributed by atoms with Crippen LogP contribution in [0.3, 0.4) is 0 Å². The molecule has 5 heteroatoms. The number of rotatable bonds is 0. The molecule has 1 heterocycles. The average molecular weight is 245 g/mol. The van der Waals surface area contributed by atoms with Crippen molar-refractivity contribution in [2.24, 2.45) is 5.73 Å². The number of nitrogens with two attached hydrogens (primary N) is 1. The SMILES string of the molecule is CC1(C)C[C@@H](N)c2ccc(C(F)(F)F)cc2O1. The summed E-state index contributed by atoms with van der Waals surface area (Å²) in [6, 6.07) is 3.19. The van der Waals surface area contributed by atoms with Gasteiger partial charge in [0, 0.05) is 18.0 Å². The van der Waals surface area contributed by atoms with Gasteiger partial charge in [-0.05, 0) is 26.0 Å². The molecule has 1 aromatic rings. The van der Waals surface area contributed by atoms with Crippen LogP contribution in [0.2, 0.25) is 0 Å². The van der Waals surface area contributed by atoms with E-state index in [0.29, 0.717) is 12.0 Å². The van der Waals surface area contributed by atoms with E-state index in [4.69, 9.17) is 10.5 Å².